The van der Waals surface area contributed by atoms with Gasteiger partial charge in [-0.05, 0) is 28.6 Å². The van der Waals surface area contributed by atoms with Crippen LogP contribution in [0, 0.1) is 0 Å². The minimum Gasteiger partial charge on any atom is -0.410 e. The first-order valence-corrected chi connectivity index (χ1v) is 12.1. The quantitative estimate of drug-likeness (QED) is 0.754. The van der Waals surface area contributed by atoms with Crippen LogP contribution in [0.25, 0.3) is 0 Å². The van der Waals surface area contributed by atoms with E-state index in [-0.39, 0.29) is 6.10 Å². The molecule has 0 aromatic heterocycles. The molecular formula is C21H34O4Si. The van der Waals surface area contributed by atoms with Crippen molar-refractivity contribution in [1.29, 1.82) is 0 Å². The Labute approximate surface area is 159 Å². The Morgan fingerprint density at radius 1 is 1.04 bits per heavy atom. The second-order valence-electron chi connectivity index (χ2n) is 8.67. The van der Waals surface area contributed by atoms with Crippen molar-refractivity contribution in [2.75, 3.05) is 6.61 Å². The smallest absolute Gasteiger partial charge is 0.225 e. The van der Waals surface area contributed by atoms with Crippen molar-refractivity contribution >= 4 is 8.32 Å². The fourth-order valence-electron chi connectivity index (χ4n) is 5.22. The first-order valence-electron chi connectivity index (χ1n) is 9.97. The molecule has 4 nitrogen and oxygen atoms in total. The van der Waals surface area contributed by atoms with E-state index in [0.717, 1.165) is 11.1 Å². The lowest BCUT2D eigenvalue weighted by Crippen LogP contribution is -2.59. The monoisotopic (exact) mass is 378 g/mol. The number of fused-ring (bicyclic) bond motifs is 2. The van der Waals surface area contributed by atoms with Crippen LogP contribution in [0.5, 0.6) is 0 Å². The van der Waals surface area contributed by atoms with Crippen LogP contribution < -0.4 is 0 Å². The Hall–Kier alpha value is -0.723. The molecular weight excluding hydrogens is 344 g/mol. The van der Waals surface area contributed by atoms with Gasteiger partial charge >= 0.3 is 0 Å². The van der Waals surface area contributed by atoms with Gasteiger partial charge in [0.15, 0.2) is 0 Å². The van der Waals surface area contributed by atoms with Crippen molar-refractivity contribution < 1.29 is 19.0 Å². The first kappa shape index (κ1) is 20.0. The van der Waals surface area contributed by atoms with E-state index in [1.807, 2.05) is 24.3 Å². The molecule has 3 rings (SSSR count). The maximum Gasteiger partial charge on any atom is 0.225 e. The Morgan fingerprint density at radius 3 is 2.27 bits per heavy atom. The molecule has 1 aromatic carbocycles. The second kappa shape index (κ2) is 7.36. The summed E-state index contributed by atoms with van der Waals surface area (Å²) < 4.78 is 19.0. The molecule has 26 heavy (non-hydrogen) atoms. The molecule has 0 amide bonds. The minimum atomic E-state index is -2.09. The topological polar surface area (TPSA) is 47.9 Å². The van der Waals surface area contributed by atoms with E-state index >= 15 is 0 Å². The average molecular weight is 379 g/mol. The lowest BCUT2D eigenvalue weighted by Gasteiger charge is -2.49. The summed E-state index contributed by atoms with van der Waals surface area (Å²) in [5, 5.41) is 11.3. The highest BCUT2D eigenvalue weighted by atomic mass is 28.4. The summed E-state index contributed by atoms with van der Waals surface area (Å²) in [7, 11) is -2.09. The molecule has 0 aliphatic carbocycles. The third kappa shape index (κ3) is 2.98. The fourth-order valence-corrected chi connectivity index (χ4v) is 10.8. The van der Waals surface area contributed by atoms with Crippen LogP contribution in [0.2, 0.25) is 16.6 Å². The van der Waals surface area contributed by atoms with E-state index in [9.17, 15) is 5.11 Å². The highest BCUT2D eigenvalue weighted by molar-refractivity contribution is 6.77. The molecule has 2 aliphatic heterocycles. The standard InChI is InChI=1S/C21H34O4Si/c1-14(2)26(15(3)4,16(5)6)25-19-11-12-23-21(20(19)22)18-10-8-7-9-17(18)13-24-21/h7-10,14-16,19-20,22H,11-13H2,1-6H3/t19-,20+,21+/m0/s1. The molecule has 1 aromatic rings. The van der Waals surface area contributed by atoms with Gasteiger partial charge in [-0.3, -0.25) is 0 Å². The molecule has 0 bridgehead atoms. The summed E-state index contributed by atoms with van der Waals surface area (Å²) in [6, 6.07) is 8.02. The van der Waals surface area contributed by atoms with E-state index in [1.54, 1.807) is 0 Å². The number of aliphatic hydroxyl groups is 1. The zero-order valence-electron chi connectivity index (χ0n) is 17.0. The fraction of sp³-hybridized carbons (Fsp3) is 0.714. The highest BCUT2D eigenvalue weighted by Crippen LogP contribution is 2.48. The summed E-state index contributed by atoms with van der Waals surface area (Å²) in [4.78, 5) is 0. The number of ether oxygens (including phenoxy) is 2. The Kier molecular flexibility index (Phi) is 5.67. The maximum atomic E-state index is 11.3. The molecule has 1 saturated heterocycles. The summed E-state index contributed by atoms with van der Waals surface area (Å²) in [5.74, 6) is -1.08. The first-order chi connectivity index (χ1) is 12.3. The molecule has 1 N–H and O–H groups in total. The van der Waals surface area contributed by atoms with Gasteiger partial charge in [0.25, 0.3) is 0 Å². The molecule has 3 atom stereocenters. The van der Waals surface area contributed by atoms with Crippen LogP contribution in [0.15, 0.2) is 24.3 Å². The number of hydrogen-bond donors (Lipinski definition) is 1. The van der Waals surface area contributed by atoms with Gasteiger partial charge in [-0.2, -0.15) is 0 Å². The van der Waals surface area contributed by atoms with Gasteiger partial charge in [0.1, 0.15) is 6.10 Å². The molecule has 0 radical (unpaired) electrons. The Morgan fingerprint density at radius 2 is 1.65 bits per heavy atom. The zero-order chi connectivity index (χ0) is 19.1. The van der Waals surface area contributed by atoms with Gasteiger partial charge in [-0.1, -0.05) is 65.8 Å². The van der Waals surface area contributed by atoms with E-state index < -0.39 is 20.2 Å². The summed E-state index contributed by atoms with van der Waals surface area (Å²) >= 11 is 0. The van der Waals surface area contributed by atoms with Crippen molar-refractivity contribution in [1.82, 2.24) is 0 Å². The van der Waals surface area contributed by atoms with Gasteiger partial charge < -0.3 is 19.0 Å². The third-order valence-electron chi connectivity index (χ3n) is 6.36. The van der Waals surface area contributed by atoms with E-state index in [4.69, 9.17) is 13.9 Å². The number of hydrogen-bond acceptors (Lipinski definition) is 4. The largest absolute Gasteiger partial charge is 0.410 e. The van der Waals surface area contributed by atoms with Crippen LogP contribution in [0.4, 0.5) is 0 Å². The second-order valence-corrected chi connectivity index (χ2v) is 14.1. The normalized spacial score (nSPS) is 29.2. The van der Waals surface area contributed by atoms with Gasteiger partial charge in [0.2, 0.25) is 14.1 Å². The van der Waals surface area contributed by atoms with Crippen LogP contribution in [-0.2, 0) is 26.3 Å². The molecule has 2 heterocycles. The van der Waals surface area contributed by atoms with Crippen molar-refractivity contribution in [3.05, 3.63) is 35.4 Å². The van der Waals surface area contributed by atoms with Crippen molar-refractivity contribution in [3.63, 3.8) is 0 Å². The molecule has 146 valence electrons. The molecule has 1 fully saturated rings. The predicted molar refractivity (Wildman–Crippen MR) is 105 cm³/mol. The van der Waals surface area contributed by atoms with Crippen LogP contribution in [-0.4, -0.2) is 32.2 Å². The van der Waals surface area contributed by atoms with Crippen LogP contribution in [0.1, 0.15) is 59.1 Å². The summed E-state index contributed by atoms with van der Waals surface area (Å²) in [6.45, 7) is 14.6. The SMILES string of the molecule is CC(C)[Si](O[C@H]1CCO[C@]2(OCc3ccccc32)[C@@H]1O)(C(C)C)C(C)C. The van der Waals surface area contributed by atoms with Crippen LogP contribution in [0.3, 0.4) is 0 Å². The summed E-state index contributed by atoms with van der Waals surface area (Å²) in [6.07, 6.45) is -0.369. The number of rotatable bonds is 5. The van der Waals surface area contributed by atoms with E-state index in [0.29, 0.717) is 36.3 Å². The van der Waals surface area contributed by atoms with Gasteiger partial charge in [-0.15, -0.1) is 0 Å². The van der Waals surface area contributed by atoms with Crippen molar-refractivity contribution in [3.8, 4) is 0 Å². The number of benzene rings is 1. The number of aliphatic hydroxyl groups excluding tert-OH is 1. The van der Waals surface area contributed by atoms with E-state index in [2.05, 4.69) is 41.5 Å². The molecule has 2 aliphatic rings. The van der Waals surface area contributed by atoms with Crippen molar-refractivity contribution in [2.24, 2.45) is 0 Å². The minimum absolute atomic E-state index is 0.256. The zero-order valence-corrected chi connectivity index (χ0v) is 18.0. The van der Waals surface area contributed by atoms with Gasteiger partial charge in [0, 0.05) is 5.56 Å². The Bertz CT molecular complexity index is 604. The molecule has 0 unspecified atom stereocenters. The third-order valence-corrected chi connectivity index (χ3v) is 12.5. The molecule has 5 heteroatoms. The Balaban J connectivity index is 1.93. The summed E-state index contributed by atoms with van der Waals surface area (Å²) in [5.41, 5.74) is 3.47. The van der Waals surface area contributed by atoms with E-state index in [1.165, 1.54) is 0 Å². The van der Waals surface area contributed by atoms with Crippen LogP contribution >= 0.6 is 0 Å². The van der Waals surface area contributed by atoms with Crippen molar-refractivity contribution in [2.45, 2.75) is 89.2 Å². The van der Waals surface area contributed by atoms with Gasteiger partial charge in [-0.25, -0.2) is 0 Å². The highest BCUT2D eigenvalue weighted by Gasteiger charge is 2.56. The lowest BCUT2D eigenvalue weighted by atomic mass is 9.91. The molecule has 1 spiro atoms. The average Bonchev–Trinajstić information content (AvgIpc) is 2.95. The predicted octanol–water partition coefficient (Wildman–Crippen LogP) is 4.71. The molecule has 0 saturated carbocycles. The maximum absolute atomic E-state index is 11.3. The lowest BCUT2D eigenvalue weighted by molar-refractivity contribution is -0.322. The van der Waals surface area contributed by atoms with Gasteiger partial charge in [0.05, 0.1) is 19.3 Å².